The summed E-state index contributed by atoms with van der Waals surface area (Å²) < 4.78 is 31.7. The summed E-state index contributed by atoms with van der Waals surface area (Å²) in [5.41, 5.74) is 2.35. The van der Waals surface area contributed by atoms with Gasteiger partial charge >= 0.3 is 12.1 Å². The maximum absolute atomic E-state index is 13.9. The molecule has 0 aliphatic rings. The zero-order valence-electron chi connectivity index (χ0n) is 23.8. The standard InChI is InChI=1S/C30H38FN3O5/c1-8-38-25(35)17-24-26(30(5,6)19-32-28(36)39-29(2,3)4)27(21-11-13-22(31)14-12-21)34(33-24)18-20-9-15-23(37-7)16-10-20/h9-16H,8,17-19H2,1-7H3,(H,32,36). The number of benzene rings is 2. The van der Waals surface area contributed by atoms with Gasteiger partial charge in [-0.05, 0) is 69.7 Å². The number of nitrogens with one attached hydrogen (secondary N) is 1. The van der Waals surface area contributed by atoms with Gasteiger partial charge in [-0.2, -0.15) is 5.10 Å². The molecule has 2 aromatic carbocycles. The summed E-state index contributed by atoms with van der Waals surface area (Å²) in [6.07, 6.45) is -0.598. The van der Waals surface area contributed by atoms with Crippen molar-refractivity contribution in [2.24, 2.45) is 0 Å². The summed E-state index contributed by atoms with van der Waals surface area (Å²) in [5.74, 6) is -0.0375. The summed E-state index contributed by atoms with van der Waals surface area (Å²) >= 11 is 0. The van der Waals surface area contributed by atoms with E-state index in [0.717, 1.165) is 28.1 Å². The summed E-state index contributed by atoms with van der Waals surface area (Å²) in [4.78, 5) is 25.1. The van der Waals surface area contributed by atoms with Crippen molar-refractivity contribution in [3.05, 3.63) is 71.2 Å². The third-order valence-corrected chi connectivity index (χ3v) is 6.00. The van der Waals surface area contributed by atoms with Gasteiger partial charge < -0.3 is 19.5 Å². The highest BCUT2D eigenvalue weighted by atomic mass is 19.1. The molecule has 3 aromatic rings. The Bertz CT molecular complexity index is 1280. The predicted molar refractivity (Wildman–Crippen MR) is 147 cm³/mol. The van der Waals surface area contributed by atoms with Crippen LogP contribution < -0.4 is 10.1 Å². The minimum absolute atomic E-state index is 0.0527. The van der Waals surface area contributed by atoms with Crippen LogP contribution in [-0.2, 0) is 32.6 Å². The van der Waals surface area contributed by atoms with Crippen LogP contribution in [0.25, 0.3) is 11.3 Å². The number of carbonyl (C=O) groups excluding carboxylic acids is 2. The number of rotatable bonds is 10. The second-order valence-corrected chi connectivity index (χ2v) is 10.9. The molecule has 1 heterocycles. The molecule has 0 unspecified atom stereocenters. The average Bonchev–Trinajstić information content (AvgIpc) is 3.21. The van der Waals surface area contributed by atoms with Crippen molar-refractivity contribution in [1.82, 2.24) is 15.1 Å². The summed E-state index contributed by atoms with van der Waals surface area (Å²) in [6.45, 7) is 11.9. The molecule has 3 rings (SSSR count). The Labute approximate surface area is 229 Å². The molecule has 0 aliphatic carbocycles. The van der Waals surface area contributed by atoms with Gasteiger partial charge in [0.15, 0.2) is 0 Å². The average molecular weight is 540 g/mol. The highest BCUT2D eigenvalue weighted by Crippen LogP contribution is 2.37. The Morgan fingerprint density at radius 2 is 1.64 bits per heavy atom. The van der Waals surface area contributed by atoms with Crippen LogP contribution in [0.3, 0.4) is 0 Å². The van der Waals surface area contributed by atoms with E-state index in [1.54, 1.807) is 46.9 Å². The smallest absolute Gasteiger partial charge is 0.407 e. The molecule has 0 fully saturated rings. The number of ether oxygens (including phenoxy) is 3. The number of hydrogen-bond acceptors (Lipinski definition) is 6. The van der Waals surface area contributed by atoms with E-state index < -0.39 is 23.1 Å². The lowest BCUT2D eigenvalue weighted by atomic mass is 9.80. The van der Waals surface area contributed by atoms with Crippen LogP contribution >= 0.6 is 0 Å². The molecular weight excluding hydrogens is 501 g/mol. The van der Waals surface area contributed by atoms with Gasteiger partial charge in [-0.15, -0.1) is 0 Å². The molecule has 0 atom stereocenters. The fourth-order valence-corrected chi connectivity index (χ4v) is 4.31. The van der Waals surface area contributed by atoms with Gasteiger partial charge in [-0.1, -0.05) is 26.0 Å². The third-order valence-electron chi connectivity index (χ3n) is 6.00. The van der Waals surface area contributed by atoms with E-state index in [1.807, 2.05) is 42.8 Å². The molecule has 0 saturated carbocycles. The first kappa shape index (κ1) is 29.7. The fraction of sp³-hybridized carbons (Fsp3) is 0.433. The fourth-order valence-electron chi connectivity index (χ4n) is 4.31. The van der Waals surface area contributed by atoms with Crippen molar-refractivity contribution < 1.29 is 28.2 Å². The second-order valence-electron chi connectivity index (χ2n) is 10.9. The van der Waals surface area contributed by atoms with Gasteiger partial charge in [0.1, 0.15) is 17.2 Å². The first-order valence-electron chi connectivity index (χ1n) is 12.9. The van der Waals surface area contributed by atoms with Crippen molar-refractivity contribution >= 4 is 12.1 Å². The molecule has 0 aliphatic heterocycles. The lowest BCUT2D eigenvalue weighted by Crippen LogP contribution is -2.40. The monoisotopic (exact) mass is 539 g/mol. The number of carbonyl (C=O) groups is 2. The highest BCUT2D eigenvalue weighted by molar-refractivity contribution is 5.75. The number of esters is 1. The van der Waals surface area contributed by atoms with Gasteiger partial charge in [0.2, 0.25) is 0 Å². The summed E-state index contributed by atoms with van der Waals surface area (Å²) in [5, 5.41) is 7.72. The summed E-state index contributed by atoms with van der Waals surface area (Å²) in [7, 11) is 1.61. The Morgan fingerprint density at radius 1 is 1.00 bits per heavy atom. The summed E-state index contributed by atoms with van der Waals surface area (Å²) in [6, 6.07) is 13.8. The minimum atomic E-state index is -0.694. The zero-order valence-corrected chi connectivity index (χ0v) is 23.8. The molecule has 0 bridgehead atoms. The van der Waals surface area contributed by atoms with Gasteiger partial charge in [0.25, 0.3) is 0 Å². The van der Waals surface area contributed by atoms with Crippen LogP contribution in [0.15, 0.2) is 48.5 Å². The largest absolute Gasteiger partial charge is 0.497 e. The quantitative estimate of drug-likeness (QED) is 0.335. The maximum Gasteiger partial charge on any atom is 0.407 e. The Balaban J connectivity index is 2.13. The number of nitrogens with zero attached hydrogens (tertiary/aromatic N) is 2. The van der Waals surface area contributed by atoms with Gasteiger partial charge in [-0.25, -0.2) is 9.18 Å². The molecule has 9 heteroatoms. The van der Waals surface area contributed by atoms with Crippen LogP contribution in [0.1, 0.15) is 58.4 Å². The van der Waals surface area contributed by atoms with E-state index in [4.69, 9.17) is 19.3 Å². The molecular formula is C30H38FN3O5. The number of amides is 1. The lowest BCUT2D eigenvalue weighted by Gasteiger charge is -2.28. The Hall–Kier alpha value is -3.88. The number of hydrogen-bond donors (Lipinski definition) is 1. The zero-order chi connectivity index (χ0) is 28.8. The van der Waals surface area contributed by atoms with E-state index in [2.05, 4.69) is 5.32 Å². The topological polar surface area (TPSA) is 91.7 Å². The Kier molecular flexibility index (Phi) is 9.37. The second kappa shape index (κ2) is 12.3. The highest BCUT2D eigenvalue weighted by Gasteiger charge is 2.34. The van der Waals surface area contributed by atoms with E-state index in [1.165, 1.54) is 12.1 Å². The number of aromatic nitrogens is 2. The molecule has 0 saturated heterocycles. The van der Waals surface area contributed by atoms with E-state index in [-0.39, 0.29) is 25.4 Å². The number of methoxy groups -OCH3 is 1. The van der Waals surface area contributed by atoms with Gasteiger partial charge in [0, 0.05) is 23.1 Å². The molecule has 8 nitrogen and oxygen atoms in total. The molecule has 0 radical (unpaired) electrons. The van der Waals surface area contributed by atoms with Crippen LogP contribution in [0, 0.1) is 5.82 Å². The number of alkyl carbamates (subject to hydrolysis) is 1. The normalized spacial score (nSPS) is 11.7. The molecule has 39 heavy (non-hydrogen) atoms. The first-order chi connectivity index (χ1) is 18.3. The van der Waals surface area contributed by atoms with Crippen LogP contribution in [0.4, 0.5) is 9.18 Å². The van der Waals surface area contributed by atoms with Crippen molar-refractivity contribution in [3.8, 4) is 17.0 Å². The van der Waals surface area contributed by atoms with E-state index in [9.17, 15) is 14.0 Å². The lowest BCUT2D eigenvalue weighted by molar-refractivity contribution is -0.142. The first-order valence-corrected chi connectivity index (χ1v) is 12.9. The van der Waals surface area contributed by atoms with Crippen molar-refractivity contribution in [2.75, 3.05) is 20.3 Å². The molecule has 1 amide bonds. The minimum Gasteiger partial charge on any atom is -0.497 e. The van der Waals surface area contributed by atoms with Crippen molar-refractivity contribution in [3.63, 3.8) is 0 Å². The number of halogens is 1. The van der Waals surface area contributed by atoms with Gasteiger partial charge in [0.05, 0.1) is 38.1 Å². The maximum atomic E-state index is 13.9. The predicted octanol–water partition coefficient (Wildman–Crippen LogP) is 5.65. The van der Waals surface area contributed by atoms with Crippen LogP contribution in [-0.4, -0.2) is 47.7 Å². The Morgan fingerprint density at radius 3 is 2.21 bits per heavy atom. The molecule has 1 aromatic heterocycles. The van der Waals surface area contributed by atoms with Crippen LogP contribution in [0.5, 0.6) is 5.75 Å². The van der Waals surface area contributed by atoms with Crippen molar-refractivity contribution in [2.45, 2.75) is 65.5 Å². The molecule has 210 valence electrons. The third kappa shape index (κ3) is 8.05. The molecule has 1 N–H and O–H groups in total. The van der Waals surface area contributed by atoms with Crippen molar-refractivity contribution in [1.29, 1.82) is 0 Å². The van der Waals surface area contributed by atoms with E-state index >= 15 is 0 Å². The molecule has 0 spiro atoms. The van der Waals surface area contributed by atoms with Gasteiger partial charge in [-0.3, -0.25) is 9.48 Å². The SMILES string of the molecule is CCOC(=O)Cc1nn(Cc2ccc(OC)cc2)c(-c2ccc(F)cc2)c1C(C)(C)CNC(=O)OC(C)(C)C. The van der Waals surface area contributed by atoms with E-state index in [0.29, 0.717) is 12.2 Å². The van der Waals surface area contributed by atoms with Crippen LogP contribution in [0.2, 0.25) is 0 Å².